The molecule has 19 heavy (non-hydrogen) atoms. The Morgan fingerprint density at radius 3 is 2.05 bits per heavy atom. The maximum atomic E-state index is 11.0. The molecule has 4 nitrogen and oxygen atoms in total. The van der Waals surface area contributed by atoms with Crippen LogP contribution in [0.4, 0.5) is 0 Å². The summed E-state index contributed by atoms with van der Waals surface area (Å²) in [6.07, 6.45) is 2.71. The van der Waals surface area contributed by atoms with E-state index < -0.39 is 11.0 Å². The van der Waals surface area contributed by atoms with Gasteiger partial charge >= 0.3 is 0 Å². The van der Waals surface area contributed by atoms with Gasteiger partial charge in [-0.25, -0.2) is 0 Å². The number of nitriles is 1. The SMILES string of the molecule is CC(C)(C)N1CCC(O)(C2(C#N)CCOCC2)CC1. The average molecular weight is 266 g/mol. The molecule has 2 fully saturated rings. The molecule has 2 rings (SSSR count). The highest BCUT2D eigenvalue weighted by atomic mass is 16.5. The first-order chi connectivity index (χ1) is 8.83. The fraction of sp³-hybridized carbons (Fsp3) is 0.933. The van der Waals surface area contributed by atoms with Crippen LogP contribution >= 0.6 is 0 Å². The van der Waals surface area contributed by atoms with Gasteiger partial charge in [0.15, 0.2) is 0 Å². The van der Waals surface area contributed by atoms with E-state index in [-0.39, 0.29) is 5.54 Å². The third-order valence-corrected chi connectivity index (χ3v) is 4.99. The second kappa shape index (κ2) is 5.05. The number of piperidine rings is 1. The Hall–Kier alpha value is -0.630. The molecule has 1 N–H and O–H groups in total. The monoisotopic (exact) mass is 266 g/mol. The Morgan fingerprint density at radius 2 is 1.63 bits per heavy atom. The lowest BCUT2D eigenvalue weighted by atomic mass is 9.63. The van der Waals surface area contributed by atoms with Gasteiger partial charge in [0.05, 0.1) is 17.1 Å². The molecule has 2 heterocycles. The lowest BCUT2D eigenvalue weighted by molar-refractivity contribution is -0.138. The molecule has 0 saturated carbocycles. The molecule has 0 bridgehead atoms. The lowest BCUT2D eigenvalue weighted by Gasteiger charge is -2.51. The standard InChI is InChI=1S/C15H26N2O2/c1-13(2,3)17-8-4-15(18,5-9-17)14(12-16)6-10-19-11-7-14/h18H,4-11H2,1-3H3. The molecule has 4 heteroatoms. The summed E-state index contributed by atoms with van der Waals surface area (Å²) in [5, 5.41) is 20.6. The molecule has 2 saturated heterocycles. The molecule has 0 atom stereocenters. The van der Waals surface area contributed by atoms with Crippen LogP contribution in [-0.4, -0.2) is 47.4 Å². The number of hydrogen-bond donors (Lipinski definition) is 1. The number of rotatable bonds is 1. The van der Waals surface area contributed by atoms with Crippen molar-refractivity contribution in [2.24, 2.45) is 5.41 Å². The number of aliphatic hydroxyl groups is 1. The average Bonchev–Trinajstić information content (AvgIpc) is 2.39. The summed E-state index contributed by atoms with van der Waals surface area (Å²) >= 11 is 0. The summed E-state index contributed by atoms with van der Waals surface area (Å²) < 4.78 is 5.37. The minimum atomic E-state index is -0.840. The van der Waals surface area contributed by atoms with Gasteiger partial charge in [-0.15, -0.1) is 0 Å². The Bertz CT molecular complexity index is 353. The van der Waals surface area contributed by atoms with Crippen molar-refractivity contribution in [2.75, 3.05) is 26.3 Å². The summed E-state index contributed by atoms with van der Waals surface area (Å²) in [6, 6.07) is 2.43. The van der Waals surface area contributed by atoms with E-state index in [0.29, 0.717) is 38.9 Å². The zero-order valence-electron chi connectivity index (χ0n) is 12.4. The molecule has 0 radical (unpaired) electrons. The Labute approximate surface area is 116 Å². The van der Waals surface area contributed by atoms with Crippen molar-refractivity contribution in [2.45, 2.75) is 57.6 Å². The highest BCUT2D eigenvalue weighted by molar-refractivity contribution is 5.14. The first kappa shape index (κ1) is 14.8. The lowest BCUT2D eigenvalue weighted by Crippen LogP contribution is -2.58. The Balaban J connectivity index is 2.10. The fourth-order valence-corrected chi connectivity index (χ4v) is 3.43. The summed E-state index contributed by atoms with van der Waals surface area (Å²) in [4.78, 5) is 2.39. The van der Waals surface area contributed by atoms with Gasteiger partial charge in [-0.05, 0) is 46.5 Å². The van der Waals surface area contributed by atoms with Crippen molar-refractivity contribution in [1.29, 1.82) is 5.26 Å². The van der Waals surface area contributed by atoms with E-state index in [1.165, 1.54) is 0 Å². The van der Waals surface area contributed by atoms with Crippen LogP contribution < -0.4 is 0 Å². The van der Waals surface area contributed by atoms with Gasteiger partial charge in [-0.1, -0.05) is 0 Å². The van der Waals surface area contributed by atoms with Gasteiger partial charge in [0.1, 0.15) is 0 Å². The van der Waals surface area contributed by atoms with Gasteiger partial charge in [0, 0.05) is 31.8 Å². The van der Waals surface area contributed by atoms with Crippen LogP contribution in [0.15, 0.2) is 0 Å². The molecule has 2 aliphatic heterocycles. The zero-order chi connectivity index (χ0) is 14.1. The third-order valence-electron chi connectivity index (χ3n) is 4.99. The van der Waals surface area contributed by atoms with Crippen LogP contribution in [0.5, 0.6) is 0 Å². The molecule has 0 spiro atoms. The first-order valence-corrected chi connectivity index (χ1v) is 7.29. The maximum absolute atomic E-state index is 11.0. The van der Waals surface area contributed by atoms with Crippen LogP contribution in [-0.2, 0) is 4.74 Å². The third kappa shape index (κ3) is 2.65. The molecule has 2 aliphatic rings. The highest BCUT2D eigenvalue weighted by Gasteiger charge is 2.53. The van der Waals surface area contributed by atoms with E-state index >= 15 is 0 Å². The van der Waals surface area contributed by atoms with E-state index in [9.17, 15) is 10.4 Å². The first-order valence-electron chi connectivity index (χ1n) is 7.29. The number of ether oxygens (including phenoxy) is 1. The zero-order valence-corrected chi connectivity index (χ0v) is 12.4. The van der Waals surface area contributed by atoms with Crippen molar-refractivity contribution in [3.05, 3.63) is 0 Å². The van der Waals surface area contributed by atoms with Gasteiger partial charge in [0.2, 0.25) is 0 Å². The van der Waals surface area contributed by atoms with Gasteiger partial charge < -0.3 is 9.84 Å². The van der Waals surface area contributed by atoms with E-state index in [1.807, 2.05) is 0 Å². The van der Waals surface area contributed by atoms with Gasteiger partial charge in [-0.3, -0.25) is 4.90 Å². The molecule has 0 aromatic heterocycles. The summed E-state index contributed by atoms with van der Waals surface area (Å²) in [5.74, 6) is 0. The topological polar surface area (TPSA) is 56.5 Å². The molecule has 0 unspecified atom stereocenters. The maximum Gasteiger partial charge on any atom is 0.0904 e. The molecular weight excluding hydrogens is 240 g/mol. The van der Waals surface area contributed by atoms with Gasteiger partial charge in [0.25, 0.3) is 0 Å². The molecule has 0 amide bonds. The van der Waals surface area contributed by atoms with Crippen LogP contribution in [0.2, 0.25) is 0 Å². The number of nitrogens with zero attached hydrogens (tertiary/aromatic N) is 2. The second-order valence-corrected chi connectivity index (χ2v) is 7.00. The van der Waals surface area contributed by atoms with Crippen molar-refractivity contribution < 1.29 is 9.84 Å². The molecule has 0 aliphatic carbocycles. The number of likely N-dealkylation sites (tertiary alicyclic amines) is 1. The van der Waals surface area contributed by atoms with Crippen molar-refractivity contribution >= 4 is 0 Å². The minimum Gasteiger partial charge on any atom is -0.388 e. The normalized spacial score (nSPS) is 27.7. The molecule has 0 aromatic carbocycles. The highest BCUT2D eigenvalue weighted by Crippen LogP contribution is 2.46. The van der Waals surface area contributed by atoms with Crippen LogP contribution in [0.3, 0.4) is 0 Å². The van der Waals surface area contributed by atoms with E-state index in [1.54, 1.807) is 0 Å². The van der Waals surface area contributed by atoms with E-state index in [4.69, 9.17) is 4.74 Å². The van der Waals surface area contributed by atoms with Crippen LogP contribution in [0, 0.1) is 16.7 Å². The van der Waals surface area contributed by atoms with Gasteiger partial charge in [-0.2, -0.15) is 5.26 Å². The number of hydrogen-bond acceptors (Lipinski definition) is 4. The second-order valence-electron chi connectivity index (χ2n) is 7.00. The van der Waals surface area contributed by atoms with Crippen molar-refractivity contribution in [3.63, 3.8) is 0 Å². The van der Waals surface area contributed by atoms with Crippen molar-refractivity contribution in [1.82, 2.24) is 4.90 Å². The predicted octanol–water partition coefficient (Wildman–Crippen LogP) is 1.93. The minimum absolute atomic E-state index is 0.136. The Kier molecular flexibility index (Phi) is 3.92. The largest absolute Gasteiger partial charge is 0.388 e. The quantitative estimate of drug-likeness (QED) is 0.788. The summed E-state index contributed by atoms with van der Waals surface area (Å²) in [6.45, 7) is 9.52. The fourth-order valence-electron chi connectivity index (χ4n) is 3.43. The van der Waals surface area contributed by atoms with E-state index in [2.05, 4.69) is 31.7 Å². The smallest absolute Gasteiger partial charge is 0.0904 e. The Morgan fingerprint density at radius 1 is 1.11 bits per heavy atom. The molecule has 108 valence electrons. The van der Waals surface area contributed by atoms with Crippen LogP contribution in [0.25, 0.3) is 0 Å². The predicted molar refractivity (Wildman–Crippen MR) is 73.6 cm³/mol. The van der Waals surface area contributed by atoms with Crippen LogP contribution in [0.1, 0.15) is 46.5 Å². The van der Waals surface area contributed by atoms with E-state index in [0.717, 1.165) is 13.1 Å². The summed E-state index contributed by atoms with van der Waals surface area (Å²) in [7, 11) is 0. The summed E-state index contributed by atoms with van der Waals surface area (Å²) in [5.41, 5.74) is -1.31. The molecular formula is C15H26N2O2. The van der Waals surface area contributed by atoms with Crippen molar-refractivity contribution in [3.8, 4) is 6.07 Å². The molecule has 0 aromatic rings.